The van der Waals surface area contributed by atoms with E-state index in [2.05, 4.69) is 0 Å². The quantitative estimate of drug-likeness (QED) is 0.823. The molecule has 0 saturated heterocycles. The van der Waals surface area contributed by atoms with Crippen molar-refractivity contribution in [2.24, 2.45) is 5.14 Å². The highest BCUT2D eigenvalue weighted by atomic mass is 32.2. The molecule has 2 N–H and O–H groups in total. The minimum Gasteiger partial charge on any atom is -0.458 e. The molecule has 1 saturated carbocycles. The van der Waals surface area contributed by atoms with Gasteiger partial charge in [-0.1, -0.05) is 0 Å². The van der Waals surface area contributed by atoms with Crippen molar-refractivity contribution in [3.8, 4) is 0 Å². The van der Waals surface area contributed by atoms with Crippen LogP contribution >= 0.6 is 0 Å². The standard InChI is InChI=1S/C11H16N2O4S/c1-2-13-7-9(18(12,15)16)6-10(13)11(14)17-8-4-3-5-8/h6-8H,2-5H2,1H3,(H2,12,15,16). The van der Waals surface area contributed by atoms with Crippen LogP contribution in [0.2, 0.25) is 0 Å². The van der Waals surface area contributed by atoms with Gasteiger partial charge in [0.2, 0.25) is 10.0 Å². The number of sulfonamides is 1. The van der Waals surface area contributed by atoms with Crippen LogP contribution in [0.5, 0.6) is 0 Å². The lowest BCUT2D eigenvalue weighted by Gasteiger charge is -2.25. The van der Waals surface area contributed by atoms with Gasteiger partial charge in [0.05, 0.1) is 0 Å². The number of nitrogens with two attached hydrogens (primary N) is 1. The fraction of sp³-hybridized carbons (Fsp3) is 0.545. The van der Waals surface area contributed by atoms with Crippen molar-refractivity contribution in [1.29, 1.82) is 0 Å². The number of primary sulfonamides is 1. The largest absolute Gasteiger partial charge is 0.458 e. The monoisotopic (exact) mass is 272 g/mol. The summed E-state index contributed by atoms with van der Waals surface area (Å²) < 4.78 is 29.3. The van der Waals surface area contributed by atoms with Crippen LogP contribution in [-0.4, -0.2) is 25.1 Å². The van der Waals surface area contributed by atoms with Crippen molar-refractivity contribution in [3.63, 3.8) is 0 Å². The first kappa shape index (κ1) is 13.1. The second-order valence-electron chi connectivity index (χ2n) is 4.35. The molecule has 18 heavy (non-hydrogen) atoms. The molecule has 1 heterocycles. The summed E-state index contributed by atoms with van der Waals surface area (Å²) in [5.74, 6) is -0.489. The van der Waals surface area contributed by atoms with E-state index >= 15 is 0 Å². The molecule has 0 radical (unpaired) electrons. The van der Waals surface area contributed by atoms with E-state index in [0.717, 1.165) is 19.3 Å². The van der Waals surface area contributed by atoms with Crippen molar-refractivity contribution in [2.75, 3.05) is 0 Å². The number of carbonyl (C=O) groups is 1. The normalized spacial score (nSPS) is 16.3. The average molecular weight is 272 g/mol. The molecule has 0 spiro atoms. The van der Waals surface area contributed by atoms with Gasteiger partial charge >= 0.3 is 5.97 Å². The Bertz CT molecular complexity index is 558. The molecule has 1 aliphatic carbocycles. The van der Waals surface area contributed by atoms with Crippen molar-refractivity contribution < 1.29 is 17.9 Å². The van der Waals surface area contributed by atoms with Crippen LogP contribution in [0.1, 0.15) is 36.7 Å². The molecule has 7 heteroatoms. The Morgan fingerprint density at radius 3 is 2.67 bits per heavy atom. The zero-order chi connectivity index (χ0) is 13.3. The summed E-state index contributed by atoms with van der Waals surface area (Å²) in [5, 5.41) is 5.04. The molecule has 1 aliphatic rings. The smallest absolute Gasteiger partial charge is 0.355 e. The van der Waals surface area contributed by atoms with Gasteiger partial charge in [-0.25, -0.2) is 18.4 Å². The van der Waals surface area contributed by atoms with Crippen molar-refractivity contribution in [3.05, 3.63) is 18.0 Å². The van der Waals surface area contributed by atoms with Crippen LogP contribution < -0.4 is 5.14 Å². The molecule has 1 aromatic heterocycles. The highest BCUT2D eigenvalue weighted by Crippen LogP contribution is 2.24. The highest BCUT2D eigenvalue weighted by Gasteiger charge is 2.25. The van der Waals surface area contributed by atoms with Crippen molar-refractivity contribution in [2.45, 2.75) is 43.7 Å². The summed E-state index contributed by atoms with van der Waals surface area (Å²) in [6.07, 6.45) is 4.14. The van der Waals surface area contributed by atoms with Crippen LogP contribution in [0.15, 0.2) is 17.2 Å². The van der Waals surface area contributed by atoms with Gasteiger partial charge in [0.1, 0.15) is 16.7 Å². The van der Waals surface area contributed by atoms with Crippen LogP contribution in [0, 0.1) is 0 Å². The minimum absolute atomic E-state index is 0.0318. The molecular weight excluding hydrogens is 256 g/mol. The lowest BCUT2D eigenvalue weighted by molar-refractivity contribution is 0.00788. The molecular formula is C11H16N2O4S. The third-order valence-electron chi connectivity index (χ3n) is 3.08. The number of carbonyl (C=O) groups excluding carboxylic acids is 1. The fourth-order valence-corrected chi connectivity index (χ4v) is 2.32. The molecule has 0 bridgehead atoms. The molecule has 1 aromatic rings. The molecule has 2 rings (SSSR count). The molecule has 0 aromatic carbocycles. The number of aryl methyl sites for hydroxylation is 1. The van der Waals surface area contributed by atoms with E-state index in [1.165, 1.54) is 16.8 Å². The second-order valence-corrected chi connectivity index (χ2v) is 5.91. The van der Waals surface area contributed by atoms with E-state index in [9.17, 15) is 13.2 Å². The molecule has 6 nitrogen and oxygen atoms in total. The Kier molecular flexibility index (Phi) is 3.45. The number of esters is 1. The lowest BCUT2D eigenvalue weighted by atomic mass is 9.96. The summed E-state index contributed by atoms with van der Waals surface area (Å²) in [5.41, 5.74) is 0.230. The van der Waals surface area contributed by atoms with Crippen molar-refractivity contribution >= 4 is 16.0 Å². The van der Waals surface area contributed by atoms with Crippen LogP contribution in [0.25, 0.3) is 0 Å². The van der Waals surface area contributed by atoms with E-state index in [4.69, 9.17) is 9.88 Å². The summed E-state index contributed by atoms with van der Waals surface area (Å²) in [7, 11) is -3.80. The topological polar surface area (TPSA) is 91.4 Å². The Morgan fingerprint density at radius 1 is 1.56 bits per heavy atom. The van der Waals surface area contributed by atoms with Crippen LogP contribution in [-0.2, 0) is 21.3 Å². The number of hydrogen-bond donors (Lipinski definition) is 1. The first-order valence-corrected chi connectivity index (χ1v) is 7.40. The average Bonchev–Trinajstić information content (AvgIpc) is 2.66. The van der Waals surface area contributed by atoms with Crippen LogP contribution in [0.4, 0.5) is 0 Å². The first-order chi connectivity index (χ1) is 8.41. The molecule has 0 aliphatic heterocycles. The third-order valence-corrected chi connectivity index (χ3v) is 3.96. The van der Waals surface area contributed by atoms with E-state index in [-0.39, 0.29) is 16.7 Å². The predicted molar refractivity (Wildman–Crippen MR) is 64.5 cm³/mol. The lowest BCUT2D eigenvalue weighted by Crippen LogP contribution is -2.26. The number of nitrogens with zero attached hydrogens (tertiary/aromatic N) is 1. The third kappa shape index (κ3) is 2.56. The van der Waals surface area contributed by atoms with Gasteiger partial charge in [-0.3, -0.25) is 0 Å². The second kappa shape index (κ2) is 4.74. The van der Waals surface area contributed by atoms with Gasteiger partial charge in [0.15, 0.2) is 0 Å². The number of ether oxygens (including phenoxy) is 1. The number of hydrogen-bond acceptors (Lipinski definition) is 4. The number of rotatable bonds is 4. The van der Waals surface area contributed by atoms with Crippen molar-refractivity contribution in [1.82, 2.24) is 4.57 Å². The van der Waals surface area contributed by atoms with E-state index in [1.807, 2.05) is 6.92 Å². The van der Waals surface area contributed by atoms with Gasteiger partial charge in [0.25, 0.3) is 0 Å². The Balaban J connectivity index is 2.25. The van der Waals surface area contributed by atoms with E-state index < -0.39 is 16.0 Å². The summed E-state index contributed by atoms with van der Waals surface area (Å²) in [6.45, 7) is 2.29. The minimum atomic E-state index is -3.80. The Morgan fingerprint density at radius 2 is 2.22 bits per heavy atom. The van der Waals surface area contributed by atoms with Gasteiger partial charge in [-0.15, -0.1) is 0 Å². The molecule has 1 fully saturated rings. The van der Waals surface area contributed by atoms with Gasteiger partial charge in [0, 0.05) is 12.7 Å². The zero-order valence-electron chi connectivity index (χ0n) is 10.1. The Hall–Kier alpha value is -1.34. The summed E-state index contributed by atoms with van der Waals surface area (Å²) >= 11 is 0. The highest BCUT2D eigenvalue weighted by molar-refractivity contribution is 7.89. The number of aromatic nitrogens is 1. The maximum atomic E-state index is 11.9. The van der Waals surface area contributed by atoms with E-state index in [1.54, 1.807) is 0 Å². The predicted octanol–water partition coefficient (Wildman–Crippen LogP) is 0.865. The summed E-state index contributed by atoms with van der Waals surface area (Å²) in [4.78, 5) is 11.8. The molecule has 100 valence electrons. The molecule has 0 amide bonds. The van der Waals surface area contributed by atoms with Gasteiger partial charge in [-0.05, 0) is 32.3 Å². The maximum absolute atomic E-state index is 11.9. The SMILES string of the molecule is CCn1cc(S(N)(=O)=O)cc1C(=O)OC1CCC1. The molecule has 0 unspecified atom stereocenters. The molecule has 0 atom stereocenters. The maximum Gasteiger partial charge on any atom is 0.355 e. The fourth-order valence-electron chi connectivity index (χ4n) is 1.77. The van der Waals surface area contributed by atoms with E-state index in [0.29, 0.717) is 6.54 Å². The zero-order valence-corrected chi connectivity index (χ0v) is 10.9. The van der Waals surface area contributed by atoms with Gasteiger partial charge < -0.3 is 9.30 Å². The summed E-state index contributed by atoms with van der Waals surface area (Å²) in [6, 6.07) is 1.26. The van der Waals surface area contributed by atoms with Gasteiger partial charge in [-0.2, -0.15) is 0 Å². The Labute approximate surface area is 106 Å². The van der Waals surface area contributed by atoms with Crippen LogP contribution in [0.3, 0.4) is 0 Å². The first-order valence-electron chi connectivity index (χ1n) is 5.85.